The molecule has 180 valence electrons. The zero-order valence-electron chi connectivity index (χ0n) is 19.0. The predicted octanol–water partition coefficient (Wildman–Crippen LogP) is 3.40. The first kappa shape index (κ1) is 24.0. The van der Waals surface area contributed by atoms with Crippen LogP contribution in [0.2, 0.25) is 5.02 Å². The summed E-state index contributed by atoms with van der Waals surface area (Å²) in [5, 5.41) is 10.7. The number of anilines is 1. The molecule has 0 bridgehead atoms. The molecule has 2 heterocycles. The zero-order valence-corrected chi connectivity index (χ0v) is 19.7. The Morgan fingerprint density at radius 3 is 2.62 bits per heavy atom. The molecule has 10 heteroatoms. The average Bonchev–Trinajstić information content (AvgIpc) is 3.33. The number of piperazine rings is 1. The molecule has 34 heavy (non-hydrogen) atoms. The van der Waals surface area contributed by atoms with Crippen molar-refractivity contribution < 1.29 is 18.3 Å². The monoisotopic (exact) mass is 487 g/mol. The number of ether oxygens (including phenoxy) is 1. The van der Waals surface area contributed by atoms with E-state index in [4.69, 9.17) is 20.8 Å². The van der Waals surface area contributed by atoms with Crippen molar-refractivity contribution in [3.8, 4) is 5.75 Å². The number of amides is 1. The van der Waals surface area contributed by atoms with E-state index in [1.54, 1.807) is 13.2 Å². The van der Waals surface area contributed by atoms with E-state index in [1.165, 1.54) is 17.8 Å². The number of methoxy groups -OCH3 is 1. The molecule has 1 aromatic heterocycles. The van der Waals surface area contributed by atoms with Crippen molar-refractivity contribution in [1.82, 2.24) is 20.4 Å². The summed E-state index contributed by atoms with van der Waals surface area (Å²) >= 11 is 6.03. The van der Waals surface area contributed by atoms with Gasteiger partial charge in [0.05, 0.1) is 13.5 Å². The summed E-state index contributed by atoms with van der Waals surface area (Å²) in [5.41, 5.74) is 1.45. The zero-order chi connectivity index (χ0) is 23.9. The lowest BCUT2D eigenvalue weighted by Gasteiger charge is -2.36. The van der Waals surface area contributed by atoms with Gasteiger partial charge in [-0.05, 0) is 49.4 Å². The van der Waals surface area contributed by atoms with Gasteiger partial charge in [-0.2, -0.15) is 0 Å². The Balaban J connectivity index is 1.17. The number of halogens is 2. The standard InChI is InChI=1S/C24H27ClFN5O3/c1-33-18-8-6-17(7-9-18)31-14-12-30(13-15-31)11-3-10-27-23(32)24-29-28-22(34-24)16-19-20(25)4-2-5-21(19)26/h2,4-9H,3,10-16H2,1H3,(H,27,32). The molecule has 1 aliphatic heterocycles. The van der Waals surface area contributed by atoms with Gasteiger partial charge in [0.25, 0.3) is 0 Å². The molecule has 0 atom stereocenters. The molecule has 8 nitrogen and oxygen atoms in total. The summed E-state index contributed by atoms with van der Waals surface area (Å²) < 4.78 is 24.5. The minimum Gasteiger partial charge on any atom is -0.497 e. The van der Waals surface area contributed by atoms with Crippen LogP contribution in [0.5, 0.6) is 5.75 Å². The summed E-state index contributed by atoms with van der Waals surface area (Å²) in [6.07, 6.45) is 0.828. The van der Waals surface area contributed by atoms with Crippen LogP contribution in [0.3, 0.4) is 0 Å². The largest absolute Gasteiger partial charge is 0.497 e. The third-order valence-corrected chi connectivity index (χ3v) is 6.15. The molecule has 2 aromatic carbocycles. The Labute approximate surface area is 202 Å². The number of aromatic nitrogens is 2. The molecule has 3 aromatic rings. The number of hydrogen-bond donors (Lipinski definition) is 1. The summed E-state index contributed by atoms with van der Waals surface area (Å²) in [6.45, 7) is 5.22. The van der Waals surface area contributed by atoms with Crippen molar-refractivity contribution in [3.05, 3.63) is 70.6 Å². The van der Waals surface area contributed by atoms with Crippen molar-refractivity contribution >= 4 is 23.2 Å². The van der Waals surface area contributed by atoms with E-state index in [2.05, 4.69) is 37.4 Å². The summed E-state index contributed by atoms with van der Waals surface area (Å²) in [4.78, 5) is 17.0. The van der Waals surface area contributed by atoms with E-state index in [-0.39, 0.29) is 28.8 Å². The molecule has 1 fully saturated rings. The first-order valence-electron chi connectivity index (χ1n) is 11.2. The lowest BCUT2D eigenvalue weighted by Crippen LogP contribution is -2.47. The second-order valence-corrected chi connectivity index (χ2v) is 8.42. The van der Waals surface area contributed by atoms with E-state index in [0.717, 1.165) is 44.9 Å². The van der Waals surface area contributed by atoms with Crippen LogP contribution in [0.25, 0.3) is 0 Å². The predicted molar refractivity (Wildman–Crippen MR) is 127 cm³/mol. The van der Waals surface area contributed by atoms with Crippen molar-refractivity contribution in [2.24, 2.45) is 0 Å². The van der Waals surface area contributed by atoms with Crippen molar-refractivity contribution in [2.45, 2.75) is 12.8 Å². The van der Waals surface area contributed by atoms with Gasteiger partial charge in [-0.1, -0.05) is 17.7 Å². The maximum atomic E-state index is 13.9. The van der Waals surface area contributed by atoms with Gasteiger partial charge >= 0.3 is 11.8 Å². The fourth-order valence-electron chi connectivity index (χ4n) is 3.87. The minimum atomic E-state index is -0.457. The molecule has 0 unspecified atom stereocenters. The van der Waals surface area contributed by atoms with Crippen LogP contribution in [0.15, 0.2) is 46.9 Å². The second kappa shape index (κ2) is 11.3. The number of carbonyl (C=O) groups is 1. The lowest BCUT2D eigenvalue weighted by molar-refractivity contribution is 0.0915. The Kier molecular flexibility index (Phi) is 7.97. The molecular formula is C24H27ClFN5O3. The quantitative estimate of drug-likeness (QED) is 0.463. The van der Waals surface area contributed by atoms with Gasteiger partial charge in [0.15, 0.2) is 0 Å². The number of nitrogens with one attached hydrogen (secondary N) is 1. The first-order valence-corrected chi connectivity index (χ1v) is 11.6. The molecule has 1 aliphatic rings. The fraction of sp³-hybridized carbons (Fsp3) is 0.375. The SMILES string of the molecule is COc1ccc(N2CCN(CCCNC(=O)c3nnc(Cc4c(F)cccc4Cl)o3)CC2)cc1. The van der Waals surface area contributed by atoms with Gasteiger partial charge in [-0.3, -0.25) is 9.69 Å². The van der Waals surface area contributed by atoms with Gasteiger partial charge in [0, 0.05) is 49.0 Å². The van der Waals surface area contributed by atoms with Crippen LogP contribution in [-0.4, -0.2) is 67.4 Å². The number of hydrogen-bond acceptors (Lipinski definition) is 7. The number of carbonyl (C=O) groups excluding carboxylic acids is 1. The third kappa shape index (κ3) is 6.03. The van der Waals surface area contributed by atoms with E-state index < -0.39 is 11.7 Å². The molecule has 0 aliphatic carbocycles. The van der Waals surface area contributed by atoms with Crippen molar-refractivity contribution in [2.75, 3.05) is 51.3 Å². The molecule has 0 spiro atoms. The molecular weight excluding hydrogens is 461 g/mol. The van der Waals surface area contributed by atoms with Gasteiger partial charge in [-0.25, -0.2) is 4.39 Å². The summed E-state index contributed by atoms with van der Waals surface area (Å²) in [5.74, 6) is -0.0534. The van der Waals surface area contributed by atoms with Crippen LogP contribution < -0.4 is 15.0 Å². The maximum absolute atomic E-state index is 13.9. The van der Waals surface area contributed by atoms with Gasteiger partial charge in [0.1, 0.15) is 11.6 Å². The van der Waals surface area contributed by atoms with Gasteiger partial charge in [-0.15, -0.1) is 10.2 Å². The Morgan fingerprint density at radius 1 is 1.15 bits per heavy atom. The molecule has 0 saturated carbocycles. The van der Waals surface area contributed by atoms with Crippen LogP contribution in [0.4, 0.5) is 10.1 Å². The van der Waals surface area contributed by atoms with Crippen LogP contribution in [0, 0.1) is 5.82 Å². The van der Waals surface area contributed by atoms with Gasteiger partial charge in [0.2, 0.25) is 5.89 Å². The smallest absolute Gasteiger partial charge is 0.308 e. The normalized spacial score (nSPS) is 14.3. The maximum Gasteiger partial charge on any atom is 0.308 e. The first-order chi connectivity index (χ1) is 16.5. The van der Waals surface area contributed by atoms with E-state index in [1.807, 2.05) is 12.1 Å². The molecule has 1 N–H and O–H groups in total. The van der Waals surface area contributed by atoms with Crippen LogP contribution >= 0.6 is 11.6 Å². The van der Waals surface area contributed by atoms with Crippen molar-refractivity contribution in [3.63, 3.8) is 0 Å². The Bertz CT molecular complexity index is 1080. The number of rotatable bonds is 9. The highest BCUT2D eigenvalue weighted by Gasteiger charge is 2.19. The van der Waals surface area contributed by atoms with E-state index in [0.29, 0.717) is 6.54 Å². The summed E-state index contributed by atoms with van der Waals surface area (Å²) in [7, 11) is 1.67. The van der Waals surface area contributed by atoms with Crippen molar-refractivity contribution in [1.29, 1.82) is 0 Å². The highest BCUT2D eigenvalue weighted by molar-refractivity contribution is 6.31. The van der Waals surface area contributed by atoms with Gasteiger partial charge < -0.3 is 19.4 Å². The van der Waals surface area contributed by atoms with E-state index >= 15 is 0 Å². The molecule has 1 saturated heterocycles. The summed E-state index contributed by atoms with van der Waals surface area (Å²) in [6, 6.07) is 12.5. The van der Waals surface area contributed by atoms with E-state index in [9.17, 15) is 9.18 Å². The highest BCUT2D eigenvalue weighted by Crippen LogP contribution is 2.22. The number of benzene rings is 2. The molecule has 0 radical (unpaired) electrons. The molecule has 1 amide bonds. The molecule has 4 rings (SSSR count). The fourth-order valence-corrected chi connectivity index (χ4v) is 4.10. The van der Waals surface area contributed by atoms with Crippen LogP contribution in [0.1, 0.15) is 28.6 Å². The Hall–Kier alpha value is -3.17. The third-order valence-electron chi connectivity index (χ3n) is 5.80. The minimum absolute atomic E-state index is 0.0221. The topological polar surface area (TPSA) is 83.7 Å². The van der Waals surface area contributed by atoms with Crippen LogP contribution in [-0.2, 0) is 6.42 Å². The second-order valence-electron chi connectivity index (χ2n) is 8.01. The average molecular weight is 488 g/mol. The lowest BCUT2D eigenvalue weighted by atomic mass is 10.1. The highest BCUT2D eigenvalue weighted by atomic mass is 35.5. The number of nitrogens with zero attached hydrogens (tertiary/aromatic N) is 4. The Morgan fingerprint density at radius 2 is 1.91 bits per heavy atom.